The van der Waals surface area contributed by atoms with Gasteiger partial charge in [0.2, 0.25) is 5.88 Å². The van der Waals surface area contributed by atoms with Crippen molar-refractivity contribution < 1.29 is 4.74 Å². The third-order valence-corrected chi connectivity index (χ3v) is 2.75. The van der Waals surface area contributed by atoms with Crippen LogP contribution in [0.2, 0.25) is 0 Å². The maximum atomic E-state index is 5.82. The molecule has 0 spiro atoms. The molecule has 5 heteroatoms. The van der Waals surface area contributed by atoms with Crippen LogP contribution in [0, 0.1) is 10.5 Å². The molecule has 2 N–H and O–H groups in total. The Labute approximate surface area is 107 Å². The first kappa shape index (κ1) is 11.1. The van der Waals surface area contributed by atoms with Crippen molar-refractivity contribution in [3.63, 3.8) is 0 Å². The summed E-state index contributed by atoms with van der Waals surface area (Å²) in [7, 11) is 0. The van der Waals surface area contributed by atoms with E-state index in [0.29, 0.717) is 17.3 Å². The Bertz CT molecular complexity index is 516. The number of halogens is 1. The van der Waals surface area contributed by atoms with Gasteiger partial charge in [0.05, 0.1) is 9.26 Å². The van der Waals surface area contributed by atoms with E-state index >= 15 is 0 Å². The fourth-order valence-corrected chi connectivity index (χ4v) is 1.62. The number of aryl methyl sites for hydroxylation is 1. The van der Waals surface area contributed by atoms with E-state index in [9.17, 15) is 0 Å². The van der Waals surface area contributed by atoms with Gasteiger partial charge in [-0.05, 0) is 47.2 Å². The molecule has 0 saturated carbocycles. The van der Waals surface area contributed by atoms with Crippen molar-refractivity contribution in [3.05, 3.63) is 39.9 Å². The Morgan fingerprint density at radius 1 is 1.38 bits per heavy atom. The molecule has 0 atom stereocenters. The zero-order chi connectivity index (χ0) is 11.5. The van der Waals surface area contributed by atoms with Gasteiger partial charge in [0.25, 0.3) is 0 Å². The quantitative estimate of drug-likeness (QED) is 0.681. The van der Waals surface area contributed by atoms with Gasteiger partial charge < -0.3 is 10.5 Å². The van der Waals surface area contributed by atoms with Gasteiger partial charge in [0.1, 0.15) is 6.33 Å². The third kappa shape index (κ3) is 2.41. The number of hydrogen-bond donors (Lipinski definition) is 1. The first-order valence-electron chi connectivity index (χ1n) is 4.66. The Balaban J connectivity index is 2.34. The highest BCUT2D eigenvalue weighted by Gasteiger charge is 2.06. The Morgan fingerprint density at radius 3 is 2.94 bits per heavy atom. The monoisotopic (exact) mass is 327 g/mol. The number of ether oxygens (including phenoxy) is 1. The minimum absolute atomic E-state index is 0.521. The van der Waals surface area contributed by atoms with Gasteiger partial charge in [-0.1, -0.05) is 6.07 Å². The van der Waals surface area contributed by atoms with Crippen LogP contribution in [-0.4, -0.2) is 9.97 Å². The SMILES string of the molecule is Cc1ccc(N)c(Oc2ncncc2I)c1. The summed E-state index contributed by atoms with van der Waals surface area (Å²) in [6.07, 6.45) is 3.14. The van der Waals surface area contributed by atoms with E-state index in [2.05, 4.69) is 32.6 Å². The number of aromatic nitrogens is 2. The van der Waals surface area contributed by atoms with Crippen molar-refractivity contribution in [3.8, 4) is 11.6 Å². The lowest BCUT2D eigenvalue weighted by Gasteiger charge is -2.08. The van der Waals surface area contributed by atoms with E-state index in [4.69, 9.17) is 10.5 Å². The first-order chi connectivity index (χ1) is 7.66. The van der Waals surface area contributed by atoms with E-state index in [0.717, 1.165) is 9.13 Å². The Hall–Kier alpha value is -1.37. The molecule has 0 radical (unpaired) electrons. The van der Waals surface area contributed by atoms with Crippen LogP contribution >= 0.6 is 22.6 Å². The standard InChI is InChI=1S/C11H10IN3O/c1-7-2-3-9(13)10(4-7)16-11-8(12)5-14-6-15-11/h2-6H,13H2,1H3. The second-order valence-electron chi connectivity index (χ2n) is 3.32. The topological polar surface area (TPSA) is 61.0 Å². The van der Waals surface area contributed by atoms with Crippen LogP contribution in [0.5, 0.6) is 11.6 Å². The summed E-state index contributed by atoms with van der Waals surface area (Å²) in [5, 5.41) is 0. The normalized spacial score (nSPS) is 10.1. The molecule has 0 amide bonds. The highest BCUT2D eigenvalue weighted by Crippen LogP contribution is 2.29. The molecular weight excluding hydrogens is 317 g/mol. The van der Waals surface area contributed by atoms with Crippen LogP contribution in [0.15, 0.2) is 30.7 Å². The van der Waals surface area contributed by atoms with E-state index in [1.165, 1.54) is 6.33 Å². The number of anilines is 1. The van der Waals surface area contributed by atoms with Crippen molar-refractivity contribution in [2.45, 2.75) is 6.92 Å². The van der Waals surface area contributed by atoms with Crippen molar-refractivity contribution in [1.82, 2.24) is 9.97 Å². The molecule has 82 valence electrons. The molecule has 2 rings (SSSR count). The van der Waals surface area contributed by atoms with Crippen molar-refractivity contribution in [2.24, 2.45) is 0 Å². The van der Waals surface area contributed by atoms with Gasteiger partial charge in [-0.25, -0.2) is 9.97 Å². The molecule has 16 heavy (non-hydrogen) atoms. The van der Waals surface area contributed by atoms with Gasteiger partial charge in [-0.15, -0.1) is 0 Å². The zero-order valence-corrected chi connectivity index (χ0v) is 10.8. The molecule has 1 heterocycles. The Morgan fingerprint density at radius 2 is 2.19 bits per heavy atom. The second kappa shape index (κ2) is 4.65. The van der Waals surface area contributed by atoms with E-state index in [1.807, 2.05) is 25.1 Å². The number of nitrogen functional groups attached to an aromatic ring is 1. The lowest BCUT2D eigenvalue weighted by molar-refractivity contribution is 0.459. The number of nitrogens with two attached hydrogens (primary N) is 1. The molecule has 1 aromatic carbocycles. The van der Waals surface area contributed by atoms with Gasteiger partial charge in [0, 0.05) is 6.20 Å². The minimum atomic E-state index is 0.521. The van der Waals surface area contributed by atoms with Gasteiger partial charge in [-0.3, -0.25) is 0 Å². The fourth-order valence-electron chi connectivity index (χ4n) is 1.21. The van der Waals surface area contributed by atoms with Gasteiger partial charge >= 0.3 is 0 Å². The van der Waals surface area contributed by atoms with Crippen LogP contribution in [0.25, 0.3) is 0 Å². The molecule has 2 aromatic rings. The molecule has 4 nitrogen and oxygen atoms in total. The van der Waals surface area contributed by atoms with Crippen LogP contribution in [0.3, 0.4) is 0 Å². The minimum Gasteiger partial charge on any atom is -0.436 e. The number of benzene rings is 1. The summed E-state index contributed by atoms with van der Waals surface area (Å²) in [5.41, 5.74) is 7.50. The third-order valence-electron chi connectivity index (χ3n) is 2.01. The summed E-state index contributed by atoms with van der Waals surface area (Å²) >= 11 is 2.12. The lowest BCUT2D eigenvalue weighted by atomic mass is 10.2. The molecule has 0 bridgehead atoms. The largest absolute Gasteiger partial charge is 0.436 e. The van der Waals surface area contributed by atoms with E-state index in [-0.39, 0.29) is 0 Å². The highest BCUT2D eigenvalue weighted by atomic mass is 127. The Kier molecular flexibility index (Phi) is 3.23. The first-order valence-corrected chi connectivity index (χ1v) is 5.74. The lowest BCUT2D eigenvalue weighted by Crippen LogP contribution is -1.96. The molecule has 0 unspecified atom stereocenters. The molecule has 0 saturated heterocycles. The molecular formula is C11H10IN3O. The number of rotatable bonds is 2. The smallest absolute Gasteiger partial charge is 0.235 e. The average Bonchev–Trinajstić information content (AvgIpc) is 2.27. The summed E-state index contributed by atoms with van der Waals surface area (Å²) < 4.78 is 6.49. The maximum absolute atomic E-state index is 5.82. The van der Waals surface area contributed by atoms with Crippen LogP contribution < -0.4 is 10.5 Å². The van der Waals surface area contributed by atoms with Crippen molar-refractivity contribution in [2.75, 3.05) is 5.73 Å². The van der Waals surface area contributed by atoms with E-state index in [1.54, 1.807) is 6.20 Å². The number of hydrogen-bond acceptors (Lipinski definition) is 4. The average molecular weight is 327 g/mol. The molecule has 0 aliphatic carbocycles. The summed E-state index contributed by atoms with van der Waals surface area (Å²) in [4.78, 5) is 7.94. The van der Waals surface area contributed by atoms with Crippen LogP contribution in [-0.2, 0) is 0 Å². The second-order valence-corrected chi connectivity index (χ2v) is 4.48. The molecule has 0 aliphatic heterocycles. The molecule has 0 fully saturated rings. The van der Waals surface area contributed by atoms with Gasteiger partial charge in [0.15, 0.2) is 5.75 Å². The van der Waals surface area contributed by atoms with Gasteiger partial charge in [-0.2, -0.15) is 0 Å². The summed E-state index contributed by atoms with van der Waals surface area (Å²) in [6, 6.07) is 5.64. The zero-order valence-electron chi connectivity index (χ0n) is 8.64. The van der Waals surface area contributed by atoms with Crippen molar-refractivity contribution in [1.29, 1.82) is 0 Å². The predicted molar refractivity (Wildman–Crippen MR) is 70.4 cm³/mol. The van der Waals surface area contributed by atoms with E-state index < -0.39 is 0 Å². The number of nitrogens with zero attached hydrogens (tertiary/aromatic N) is 2. The summed E-state index contributed by atoms with van der Waals surface area (Å²) in [6.45, 7) is 1.98. The van der Waals surface area contributed by atoms with Crippen LogP contribution in [0.1, 0.15) is 5.56 Å². The van der Waals surface area contributed by atoms with Crippen LogP contribution in [0.4, 0.5) is 5.69 Å². The maximum Gasteiger partial charge on any atom is 0.235 e. The highest BCUT2D eigenvalue weighted by molar-refractivity contribution is 14.1. The summed E-state index contributed by atoms with van der Waals surface area (Å²) in [5.74, 6) is 1.14. The predicted octanol–water partition coefficient (Wildman–Crippen LogP) is 2.76. The molecule has 1 aromatic heterocycles. The van der Waals surface area contributed by atoms with Crippen molar-refractivity contribution >= 4 is 28.3 Å². The molecule has 0 aliphatic rings. The fraction of sp³-hybridized carbons (Fsp3) is 0.0909.